The van der Waals surface area contributed by atoms with Gasteiger partial charge in [0, 0.05) is 13.1 Å². The molecule has 0 aromatic rings. The van der Waals surface area contributed by atoms with Crippen LogP contribution < -0.4 is 0 Å². The van der Waals surface area contributed by atoms with Gasteiger partial charge < -0.3 is 0 Å². The second-order valence-electron chi connectivity index (χ2n) is 3.36. The first kappa shape index (κ1) is 15.4. The SMILES string of the molecule is CCCCC(Cl)COS(=O)N(CC)CC. The van der Waals surface area contributed by atoms with E-state index in [2.05, 4.69) is 6.92 Å². The van der Waals surface area contributed by atoms with Crippen molar-refractivity contribution in [3.63, 3.8) is 0 Å². The van der Waals surface area contributed by atoms with Crippen molar-refractivity contribution < 1.29 is 8.39 Å². The highest BCUT2D eigenvalue weighted by molar-refractivity contribution is 7.77. The lowest BCUT2D eigenvalue weighted by atomic mass is 10.2. The van der Waals surface area contributed by atoms with Gasteiger partial charge in [-0.05, 0) is 6.42 Å². The van der Waals surface area contributed by atoms with E-state index in [0.717, 1.165) is 32.4 Å². The van der Waals surface area contributed by atoms with Crippen molar-refractivity contribution >= 4 is 22.9 Å². The number of hydrogen-bond acceptors (Lipinski definition) is 2. The lowest BCUT2D eigenvalue weighted by Crippen LogP contribution is -2.28. The standard InChI is InChI=1S/C10H22ClNO2S/c1-4-7-8-10(11)9-14-15(13)12(5-2)6-3/h10H,4-9H2,1-3H3. The molecule has 0 radical (unpaired) electrons. The molecule has 0 heterocycles. The van der Waals surface area contributed by atoms with E-state index in [4.69, 9.17) is 15.8 Å². The minimum atomic E-state index is -1.34. The highest BCUT2D eigenvalue weighted by Gasteiger charge is 2.12. The Hall–Kier alpha value is 0.360. The third-order valence-corrected chi connectivity index (χ3v) is 3.76. The summed E-state index contributed by atoms with van der Waals surface area (Å²) in [6.07, 6.45) is 3.14. The number of halogens is 1. The maximum Gasteiger partial charge on any atom is 0.237 e. The predicted molar refractivity (Wildman–Crippen MR) is 66.2 cm³/mol. The Labute approximate surface area is 101 Å². The molecule has 15 heavy (non-hydrogen) atoms. The van der Waals surface area contributed by atoms with Gasteiger partial charge in [0.15, 0.2) is 0 Å². The molecule has 0 aliphatic rings. The van der Waals surface area contributed by atoms with Crippen LogP contribution in [0.1, 0.15) is 40.0 Å². The summed E-state index contributed by atoms with van der Waals surface area (Å²) in [5.41, 5.74) is 0. The van der Waals surface area contributed by atoms with Gasteiger partial charge in [-0.2, -0.15) is 0 Å². The molecular formula is C10H22ClNO2S. The Morgan fingerprint density at radius 1 is 1.33 bits per heavy atom. The Kier molecular flexibility index (Phi) is 9.81. The summed E-state index contributed by atoms with van der Waals surface area (Å²) < 4.78 is 18.5. The van der Waals surface area contributed by atoms with Crippen LogP contribution >= 0.6 is 11.6 Å². The second kappa shape index (κ2) is 9.58. The summed E-state index contributed by atoms with van der Waals surface area (Å²) in [6.45, 7) is 7.86. The van der Waals surface area contributed by atoms with Crippen LogP contribution in [0.3, 0.4) is 0 Å². The van der Waals surface area contributed by atoms with Crippen LogP contribution in [-0.2, 0) is 15.4 Å². The maximum atomic E-state index is 11.5. The van der Waals surface area contributed by atoms with Crippen molar-refractivity contribution in [3.05, 3.63) is 0 Å². The van der Waals surface area contributed by atoms with Crippen molar-refractivity contribution in [3.8, 4) is 0 Å². The smallest absolute Gasteiger partial charge is 0.237 e. The van der Waals surface area contributed by atoms with Gasteiger partial charge >= 0.3 is 0 Å². The fraction of sp³-hybridized carbons (Fsp3) is 1.00. The fourth-order valence-electron chi connectivity index (χ4n) is 1.15. The molecule has 0 spiro atoms. The van der Waals surface area contributed by atoms with Crippen molar-refractivity contribution in [2.45, 2.75) is 45.4 Å². The van der Waals surface area contributed by atoms with E-state index < -0.39 is 11.3 Å². The fourth-order valence-corrected chi connectivity index (χ4v) is 2.29. The molecule has 2 unspecified atom stereocenters. The van der Waals surface area contributed by atoms with Crippen LogP contribution in [0, 0.1) is 0 Å². The zero-order chi connectivity index (χ0) is 11.7. The average Bonchev–Trinajstić information content (AvgIpc) is 2.25. The monoisotopic (exact) mass is 255 g/mol. The van der Waals surface area contributed by atoms with Crippen LogP contribution in [0.2, 0.25) is 0 Å². The third kappa shape index (κ3) is 7.28. The van der Waals surface area contributed by atoms with Gasteiger partial charge in [0.1, 0.15) is 0 Å². The van der Waals surface area contributed by atoms with Crippen LogP contribution in [0.4, 0.5) is 0 Å². The van der Waals surface area contributed by atoms with Crippen molar-refractivity contribution in [2.24, 2.45) is 0 Å². The molecule has 92 valence electrons. The topological polar surface area (TPSA) is 29.5 Å². The summed E-state index contributed by atoms with van der Waals surface area (Å²) in [7, 11) is 0. The highest BCUT2D eigenvalue weighted by atomic mass is 35.5. The summed E-state index contributed by atoms with van der Waals surface area (Å²) in [6, 6.07) is 0. The Morgan fingerprint density at radius 3 is 2.40 bits per heavy atom. The molecule has 0 saturated carbocycles. The van der Waals surface area contributed by atoms with Gasteiger partial charge in [-0.15, -0.1) is 11.6 Å². The maximum absolute atomic E-state index is 11.5. The Balaban J connectivity index is 3.69. The lowest BCUT2D eigenvalue weighted by molar-refractivity contribution is 0.301. The number of unbranched alkanes of at least 4 members (excludes halogenated alkanes) is 1. The molecule has 0 aliphatic carbocycles. The van der Waals surface area contributed by atoms with E-state index >= 15 is 0 Å². The van der Waals surface area contributed by atoms with E-state index in [0.29, 0.717) is 6.61 Å². The number of hydrogen-bond donors (Lipinski definition) is 0. The van der Waals surface area contributed by atoms with Crippen LogP contribution in [0.15, 0.2) is 0 Å². The van der Waals surface area contributed by atoms with Crippen molar-refractivity contribution in [1.82, 2.24) is 4.31 Å². The van der Waals surface area contributed by atoms with Crippen LogP contribution in [-0.4, -0.2) is 33.6 Å². The third-order valence-electron chi connectivity index (χ3n) is 2.14. The van der Waals surface area contributed by atoms with Crippen LogP contribution in [0.5, 0.6) is 0 Å². The first-order valence-corrected chi connectivity index (χ1v) is 7.06. The molecular weight excluding hydrogens is 234 g/mol. The van der Waals surface area contributed by atoms with Gasteiger partial charge in [0.2, 0.25) is 11.3 Å². The first-order chi connectivity index (χ1) is 7.15. The number of rotatable bonds is 9. The largest absolute Gasteiger partial charge is 0.277 e. The summed E-state index contributed by atoms with van der Waals surface area (Å²) >= 11 is 4.68. The number of alkyl halides is 1. The summed E-state index contributed by atoms with van der Waals surface area (Å²) in [5, 5.41) is -0.0236. The van der Waals surface area contributed by atoms with E-state index in [1.54, 1.807) is 4.31 Å². The zero-order valence-electron chi connectivity index (χ0n) is 9.87. The molecule has 0 N–H and O–H groups in total. The van der Waals surface area contributed by atoms with E-state index in [1.165, 1.54) is 0 Å². The molecule has 0 aromatic carbocycles. The quantitative estimate of drug-likeness (QED) is 0.593. The lowest BCUT2D eigenvalue weighted by Gasteiger charge is -2.17. The van der Waals surface area contributed by atoms with E-state index in [-0.39, 0.29) is 5.38 Å². The molecule has 0 rings (SSSR count). The molecule has 5 heteroatoms. The van der Waals surface area contributed by atoms with Crippen molar-refractivity contribution in [2.75, 3.05) is 19.7 Å². The molecule has 2 atom stereocenters. The van der Waals surface area contributed by atoms with Gasteiger partial charge in [-0.1, -0.05) is 33.6 Å². The molecule has 0 amide bonds. The molecule has 3 nitrogen and oxygen atoms in total. The first-order valence-electron chi connectivity index (χ1n) is 5.59. The summed E-state index contributed by atoms with van der Waals surface area (Å²) in [4.78, 5) is 0. The van der Waals surface area contributed by atoms with Gasteiger partial charge in [0.05, 0.1) is 12.0 Å². The minimum absolute atomic E-state index is 0.0236. The second-order valence-corrected chi connectivity index (χ2v) is 5.16. The molecule has 0 aromatic heterocycles. The number of nitrogens with zero attached hydrogens (tertiary/aromatic N) is 1. The molecule has 0 bridgehead atoms. The van der Waals surface area contributed by atoms with Gasteiger partial charge in [0.25, 0.3) is 0 Å². The predicted octanol–water partition coefficient (Wildman–Crippen LogP) is 2.72. The minimum Gasteiger partial charge on any atom is -0.277 e. The highest BCUT2D eigenvalue weighted by Crippen LogP contribution is 2.09. The van der Waals surface area contributed by atoms with E-state index in [1.807, 2.05) is 13.8 Å². The van der Waals surface area contributed by atoms with Gasteiger partial charge in [-0.3, -0.25) is 4.18 Å². The molecule has 0 saturated heterocycles. The molecule has 0 fully saturated rings. The van der Waals surface area contributed by atoms with Gasteiger partial charge in [-0.25, -0.2) is 8.51 Å². The average molecular weight is 256 g/mol. The van der Waals surface area contributed by atoms with Crippen LogP contribution in [0.25, 0.3) is 0 Å². The Bertz CT molecular complexity index is 177. The zero-order valence-corrected chi connectivity index (χ0v) is 11.4. The van der Waals surface area contributed by atoms with E-state index in [9.17, 15) is 4.21 Å². The Morgan fingerprint density at radius 2 is 1.93 bits per heavy atom. The molecule has 0 aliphatic heterocycles. The summed E-state index contributed by atoms with van der Waals surface area (Å²) in [5.74, 6) is 0. The van der Waals surface area contributed by atoms with Crippen molar-refractivity contribution in [1.29, 1.82) is 0 Å². The normalized spacial score (nSPS) is 15.5.